The van der Waals surface area contributed by atoms with Crippen LogP contribution in [0.3, 0.4) is 0 Å². The molecule has 1 aliphatic rings. The molecule has 1 aliphatic heterocycles. The molecule has 30 heavy (non-hydrogen) atoms. The molecule has 0 atom stereocenters. The van der Waals surface area contributed by atoms with Gasteiger partial charge < -0.3 is 14.2 Å². The maximum Gasteiger partial charge on any atom is 0.337 e. The maximum atomic E-state index is 13.7. The van der Waals surface area contributed by atoms with Crippen molar-refractivity contribution in [2.45, 2.75) is 6.61 Å². The molecule has 6 heteroatoms. The number of hydrogen-bond acceptors (Lipinski definition) is 5. The first-order valence-electron chi connectivity index (χ1n) is 9.18. The van der Waals surface area contributed by atoms with Gasteiger partial charge in [0.2, 0.25) is 5.78 Å². The van der Waals surface area contributed by atoms with E-state index in [4.69, 9.17) is 9.47 Å². The number of ether oxygens (including phenoxy) is 3. The fraction of sp³-hybridized carbons (Fsp3) is 0.0833. The van der Waals surface area contributed by atoms with E-state index in [0.29, 0.717) is 33.8 Å². The third kappa shape index (κ3) is 3.93. The highest BCUT2D eigenvalue weighted by Gasteiger charge is 2.27. The number of ketones is 1. The van der Waals surface area contributed by atoms with Crippen molar-refractivity contribution >= 4 is 17.8 Å². The summed E-state index contributed by atoms with van der Waals surface area (Å²) < 4.78 is 29.7. The highest BCUT2D eigenvalue weighted by molar-refractivity contribution is 6.14. The Morgan fingerprint density at radius 1 is 1.07 bits per heavy atom. The normalized spacial score (nSPS) is 13.7. The van der Waals surface area contributed by atoms with Crippen molar-refractivity contribution in [3.63, 3.8) is 0 Å². The predicted octanol–water partition coefficient (Wildman–Crippen LogP) is 4.81. The Balaban J connectivity index is 1.49. The Bertz CT molecular complexity index is 1150. The fourth-order valence-corrected chi connectivity index (χ4v) is 3.02. The molecule has 3 aromatic rings. The molecule has 0 spiro atoms. The lowest BCUT2D eigenvalue weighted by atomic mass is 10.1. The van der Waals surface area contributed by atoms with Crippen LogP contribution in [0.1, 0.15) is 31.8 Å². The number of carbonyl (C=O) groups excluding carboxylic acids is 2. The zero-order valence-corrected chi connectivity index (χ0v) is 16.1. The van der Waals surface area contributed by atoms with Gasteiger partial charge in [0.25, 0.3) is 0 Å². The monoisotopic (exact) mass is 404 g/mol. The summed E-state index contributed by atoms with van der Waals surface area (Å²) >= 11 is 0. The van der Waals surface area contributed by atoms with Crippen LogP contribution in [-0.4, -0.2) is 18.9 Å². The van der Waals surface area contributed by atoms with E-state index >= 15 is 0 Å². The number of Topliss-reactive ketones (excluding diaryl/α,β-unsaturated/α-hetero) is 1. The number of carbonyl (C=O) groups is 2. The van der Waals surface area contributed by atoms with Crippen molar-refractivity contribution in [3.05, 3.63) is 101 Å². The van der Waals surface area contributed by atoms with Crippen LogP contribution in [0.5, 0.6) is 11.5 Å². The van der Waals surface area contributed by atoms with Gasteiger partial charge in [-0.2, -0.15) is 0 Å². The van der Waals surface area contributed by atoms with E-state index in [9.17, 15) is 14.0 Å². The number of esters is 1. The van der Waals surface area contributed by atoms with E-state index < -0.39 is 5.97 Å². The van der Waals surface area contributed by atoms with Crippen LogP contribution in [0.4, 0.5) is 4.39 Å². The SMILES string of the molecule is COC(=O)c1ccc(/C=C2\Oc3cc(OCc4ccccc4F)ccc3C2=O)cc1. The van der Waals surface area contributed by atoms with Gasteiger partial charge in [-0.05, 0) is 42.0 Å². The Morgan fingerprint density at radius 3 is 2.57 bits per heavy atom. The zero-order valence-electron chi connectivity index (χ0n) is 16.1. The molecule has 0 bridgehead atoms. The first-order valence-corrected chi connectivity index (χ1v) is 9.18. The minimum Gasteiger partial charge on any atom is -0.489 e. The van der Waals surface area contributed by atoms with Crippen molar-refractivity contribution in [1.29, 1.82) is 0 Å². The summed E-state index contributed by atoms with van der Waals surface area (Å²) in [6, 6.07) is 17.9. The van der Waals surface area contributed by atoms with Crippen LogP contribution < -0.4 is 9.47 Å². The van der Waals surface area contributed by atoms with E-state index in [-0.39, 0.29) is 24.0 Å². The number of fused-ring (bicyclic) bond motifs is 1. The molecule has 0 fully saturated rings. The molecular formula is C24H17FO5. The van der Waals surface area contributed by atoms with Gasteiger partial charge in [-0.25, -0.2) is 9.18 Å². The maximum absolute atomic E-state index is 13.7. The number of halogens is 1. The lowest BCUT2D eigenvalue weighted by Crippen LogP contribution is -2.01. The Kier molecular flexibility index (Phi) is 5.30. The molecular weight excluding hydrogens is 387 g/mol. The molecule has 0 saturated heterocycles. The quantitative estimate of drug-likeness (QED) is 0.451. The van der Waals surface area contributed by atoms with Gasteiger partial charge in [0.15, 0.2) is 5.76 Å². The van der Waals surface area contributed by atoms with Crippen LogP contribution in [-0.2, 0) is 11.3 Å². The molecule has 0 aromatic heterocycles. The van der Waals surface area contributed by atoms with Gasteiger partial charge >= 0.3 is 5.97 Å². The summed E-state index contributed by atoms with van der Waals surface area (Å²) in [5.41, 5.74) is 1.98. The fourth-order valence-electron chi connectivity index (χ4n) is 3.02. The van der Waals surface area contributed by atoms with Crippen molar-refractivity contribution < 1.29 is 28.2 Å². The number of methoxy groups -OCH3 is 1. The number of allylic oxidation sites excluding steroid dienone is 1. The molecule has 0 saturated carbocycles. The minimum absolute atomic E-state index is 0.0641. The second-order valence-electron chi connectivity index (χ2n) is 6.59. The van der Waals surface area contributed by atoms with E-state index in [1.807, 2.05) is 0 Å². The third-order valence-electron chi connectivity index (χ3n) is 4.62. The Labute approximate surface area is 172 Å². The van der Waals surface area contributed by atoms with Crippen molar-refractivity contribution in [2.75, 3.05) is 7.11 Å². The predicted molar refractivity (Wildman–Crippen MR) is 108 cm³/mol. The van der Waals surface area contributed by atoms with Gasteiger partial charge in [-0.3, -0.25) is 4.79 Å². The molecule has 3 aromatic carbocycles. The van der Waals surface area contributed by atoms with Crippen molar-refractivity contribution in [3.8, 4) is 11.5 Å². The average Bonchev–Trinajstić information content (AvgIpc) is 3.07. The van der Waals surface area contributed by atoms with Crippen molar-refractivity contribution in [1.82, 2.24) is 0 Å². The lowest BCUT2D eigenvalue weighted by Gasteiger charge is -2.08. The smallest absolute Gasteiger partial charge is 0.337 e. The molecule has 0 N–H and O–H groups in total. The van der Waals surface area contributed by atoms with Crippen LogP contribution >= 0.6 is 0 Å². The summed E-state index contributed by atoms with van der Waals surface area (Å²) in [6.45, 7) is 0.0641. The van der Waals surface area contributed by atoms with Gasteiger partial charge in [-0.1, -0.05) is 30.3 Å². The van der Waals surface area contributed by atoms with Gasteiger partial charge in [-0.15, -0.1) is 0 Å². The van der Waals surface area contributed by atoms with Crippen LogP contribution in [0.2, 0.25) is 0 Å². The first-order chi connectivity index (χ1) is 14.5. The largest absolute Gasteiger partial charge is 0.489 e. The van der Waals surface area contributed by atoms with Gasteiger partial charge in [0.1, 0.15) is 23.9 Å². The summed E-state index contributed by atoms with van der Waals surface area (Å²) in [6.07, 6.45) is 1.60. The summed E-state index contributed by atoms with van der Waals surface area (Å²) in [4.78, 5) is 24.1. The summed E-state index contributed by atoms with van der Waals surface area (Å²) in [7, 11) is 1.31. The second kappa shape index (κ2) is 8.21. The number of benzene rings is 3. The van der Waals surface area contributed by atoms with Crippen LogP contribution in [0.15, 0.2) is 72.5 Å². The lowest BCUT2D eigenvalue weighted by molar-refractivity contribution is 0.0600. The second-order valence-corrected chi connectivity index (χ2v) is 6.59. The van der Waals surface area contributed by atoms with Gasteiger partial charge in [0.05, 0.1) is 18.2 Å². The molecule has 0 radical (unpaired) electrons. The standard InChI is InChI=1S/C24H17FO5/c1-28-24(27)16-8-6-15(7-9-16)12-22-23(26)19-11-10-18(13-21(19)30-22)29-14-17-4-2-3-5-20(17)25/h2-13H,14H2,1H3/b22-12-. The highest BCUT2D eigenvalue weighted by Crippen LogP contribution is 2.35. The molecule has 1 heterocycles. The molecule has 0 aliphatic carbocycles. The molecule has 0 amide bonds. The molecule has 4 rings (SSSR count). The highest BCUT2D eigenvalue weighted by atomic mass is 19.1. The third-order valence-corrected chi connectivity index (χ3v) is 4.62. The van der Waals surface area contributed by atoms with Gasteiger partial charge in [0, 0.05) is 11.6 Å². The average molecular weight is 404 g/mol. The molecule has 150 valence electrons. The Morgan fingerprint density at radius 2 is 1.83 bits per heavy atom. The zero-order chi connectivity index (χ0) is 21.1. The topological polar surface area (TPSA) is 61.8 Å². The number of hydrogen-bond donors (Lipinski definition) is 0. The van der Waals surface area contributed by atoms with Crippen LogP contribution in [0, 0.1) is 5.82 Å². The van der Waals surface area contributed by atoms with E-state index in [0.717, 1.165) is 0 Å². The Hall–Kier alpha value is -3.93. The molecule has 0 unspecified atom stereocenters. The van der Waals surface area contributed by atoms with E-state index in [1.54, 1.807) is 66.7 Å². The minimum atomic E-state index is -0.433. The van der Waals surface area contributed by atoms with Crippen LogP contribution in [0.25, 0.3) is 6.08 Å². The summed E-state index contributed by atoms with van der Waals surface area (Å²) in [5, 5.41) is 0. The summed E-state index contributed by atoms with van der Waals surface area (Å²) in [5.74, 6) is -0.00652. The number of rotatable bonds is 5. The van der Waals surface area contributed by atoms with Crippen molar-refractivity contribution in [2.24, 2.45) is 0 Å². The van der Waals surface area contributed by atoms with E-state index in [1.165, 1.54) is 13.2 Å². The molecule has 5 nitrogen and oxygen atoms in total. The van der Waals surface area contributed by atoms with E-state index in [2.05, 4.69) is 4.74 Å². The first kappa shape index (κ1) is 19.4.